The minimum absolute atomic E-state index is 0.102. The van der Waals surface area contributed by atoms with Crippen LogP contribution in [0.1, 0.15) is 38.8 Å². The van der Waals surface area contributed by atoms with Crippen LogP contribution >= 0.6 is 7.60 Å². The molecule has 0 fully saturated rings. The second kappa shape index (κ2) is 9.67. The Hall–Kier alpha value is -0.943. The summed E-state index contributed by atoms with van der Waals surface area (Å²) >= 11 is 0. The fraction of sp³-hybridized carbons (Fsp3) is 0.611. The monoisotopic (exact) mass is 385 g/mol. The van der Waals surface area contributed by atoms with E-state index in [4.69, 9.17) is 9.05 Å². The highest BCUT2D eigenvalue weighted by molar-refractivity contribution is 7.58. The molecule has 5 nitrogen and oxygen atoms in total. The quantitative estimate of drug-likeness (QED) is 0.466. The van der Waals surface area contributed by atoms with Gasteiger partial charge in [0.05, 0.1) is 32.6 Å². The van der Waals surface area contributed by atoms with Gasteiger partial charge in [-0.3, -0.25) is 9.36 Å². The third-order valence-corrected chi connectivity index (χ3v) is 11.7. The molecule has 1 amide bonds. The molecule has 0 spiro atoms. The normalized spacial score (nSPS) is 14.8. The number of hydrogen-bond donors (Lipinski definition) is 1. The first-order chi connectivity index (χ1) is 11.6. The summed E-state index contributed by atoms with van der Waals surface area (Å²) < 4.78 is 24.3. The van der Waals surface area contributed by atoms with Crippen LogP contribution in [0.5, 0.6) is 0 Å². The van der Waals surface area contributed by atoms with Gasteiger partial charge in [-0.1, -0.05) is 50.0 Å². The van der Waals surface area contributed by atoms with Crippen molar-refractivity contribution in [1.29, 1.82) is 0 Å². The number of carbonyl (C=O) groups is 1. The van der Waals surface area contributed by atoms with Crippen molar-refractivity contribution < 1.29 is 18.4 Å². The van der Waals surface area contributed by atoms with Gasteiger partial charge >= 0.3 is 7.60 Å². The average molecular weight is 386 g/mol. The molecule has 0 aliphatic rings. The van der Waals surface area contributed by atoms with Gasteiger partial charge in [-0.2, -0.15) is 0 Å². The highest BCUT2D eigenvalue weighted by Gasteiger charge is 2.45. The minimum Gasteiger partial charge on any atom is -0.350 e. The van der Waals surface area contributed by atoms with E-state index in [1.807, 2.05) is 37.3 Å². The zero-order chi connectivity index (χ0) is 19.1. The van der Waals surface area contributed by atoms with Gasteiger partial charge in [-0.05, 0) is 26.3 Å². The van der Waals surface area contributed by atoms with E-state index in [9.17, 15) is 9.36 Å². The molecule has 0 aliphatic heterocycles. The fourth-order valence-electron chi connectivity index (χ4n) is 2.77. The fourth-order valence-corrected chi connectivity index (χ4v) is 9.35. The summed E-state index contributed by atoms with van der Waals surface area (Å²) in [7, 11) is -5.28. The Morgan fingerprint density at radius 2 is 1.64 bits per heavy atom. The molecule has 25 heavy (non-hydrogen) atoms. The second-order valence-electron chi connectivity index (χ2n) is 7.16. The lowest BCUT2D eigenvalue weighted by Crippen LogP contribution is -2.43. The molecule has 142 valence electrons. The summed E-state index contributed by atoms with van der Waals surface area (Å²) in [6.07, 6.45) is 0.157. The van der Waals surface area contributed by atoms with E-state index in [-0.39, 0.29) is 23.7 Å². The molecule has 1 rings (SSSR count). The molecule has 0 saturated heterocycles. The van der Waals surface area contributed by atoms with Gasteiger partial charge < -0.3 is 14.4 Å². The molecular formula is C18H32NO4PSi. The van der Waals surface area contributed by atoms with Crippen LogP contribution in [0.25, 0.3) is 0 Å². The van der Waals surface area contributed by atoms with Gasteiger partial charge in [0.25, 0.3) is 0 Å². The standard InChI is InChI=1S/C18H32NO4PSi/c1-7-22-24(21,23-8-2)18(25(4,5)6)14-17(20)19-15(3)16-12-10-9-11-13-16/h9-13,15,18H,7-8,14H2,1-6H3,(H,19,20). The van der Waals surface area contributed by atoms with E-state index < -0.39 is 15.7 Å². The maximum absolute atomic E-state index is 13.3. The second-order valence-corrected chi connectivity index (χ2v) is 15.3. The molecule has 7 heteroatoms. The lowest BCUT2D eigenvalue weighted by atomic mass is 10.1. The van der Waals surface area contributed by atoms with Crippen LogP contribution in [0.15, 0.2) is 30.3 Å². The number of amides is 1. The zero-order valence-electron chi connectivity index (χ0n) is 16.2. The first-order valence-electron chi connectivity index (χ1n) is 8.87. The third-order valence-electron chi connectivity index (χ3n) is 4.06. The highest BCUT2D eigenvalue weighted by Crippen LogP contribution is 2.57. The molecule has 2 atom stereocenters. The van der Waals surface area contributed by atoms with E-state index in [0.717, 1.165) is 5.56 Å². The SMILES string of the molecule is CCOP(=O)(OCC)C(CC(=O)NC(C)c1ccccc1)[Si](C)(C)C. The number of benzene rings is 1. The molecule has 0 heterocycles. The van der Waals surface area contributed by atoms with Crippen LogP contribution in [-0.2, 0) is 18.4 Å². The zero-order valence-corrected chi connectivity index (χ0v) is 18.1. The smallest absolute Gasteiger partial charge is 0.331 e. The predicted molar refractivity (Wildman–Crippen MR) is 106 cm³/mol. The average Bonchev–Trinajstić information content (AvgIpc) is 2.52. The van der Waals surface area contributed by atoms with Crippen molar-refractivity contribution in [2.75, 3.05) is 13.2 Å². The summed E-state index contributed by atoms with van der Waals surface area (Å²) in [6, 6.07) is 9.69. The molecule has 0 saturated carbocycles. The highest BCUT2D eigenvalue weighted by atomic mass is 31.2. The van der Waals surface area contributed by atoms with Crippen LogP contribution in [0.3, 0.4) is 0 Å². The van der Waals surface area contributed by atoms with Crippen molar-refractivity contribution in [3.8, 4) is 0 Å². The Morgan fingerprint density at radius 1 is 1.12 bits per heavy atom. The van der Waals surface area contributed by atoms with Crippen LogP contribution < -0.4 is 5.32 Å². The van der Waals surface area contributed by atoms with Crippen molar-refractivity contribution in [2.24, 2.45) is 0 Å². The van der Waals surface area contributed by atoms with Gasteiger partial charge in [0.2, 0.25) is 5.91 Å². The summed E-state index contributed by atoms with van der Waals surface area (Å²) in [5.41, 5.74) is 1.04. The van der Waals surface area contributed by atoms with Gasteiger partial charge in [0.1, 0.15) is 0 Å². The van der Waals surface area contributed by atoms with E-state index in [1.54, 1.807) is 13.8 Å². The van der Waals surface area contributed by atoms with Crippen LogP contribution in [0, 0.1) is 0 Å². The Balaban J connectivity index is 2.91. The van der Waals surface area contributed by atoms with Crippen molar-refractivity contribution >= 4 is 21.6 Å². The van der Waals surface area contributed by atoms with E-state index >= 15 is 0 Å². The largest absolute Gasteiger partial charge is 0.350 e. The van der Waals surface area contributed by atoms with Gasteiger partial charge in [0, 0.05) is 6.42 Å². The topological polar surface area (TPSA) is 64.6 Å². The molecule has 1 aromatic rings. The summed E-state index contributed by atoms with van der Waals surface area (Å²) in [4.78, 5) is 12.6. The maximum Gasteiger partial charge on any atom is 0.331 e. The third kappa shape index (κ3) is 6.70. The van der Waals surface area contributed by atoms with Crippen molar-refractivity contribution in [1.82, 2.24) is 5.32 Å². The Morgan fingerprint density at radius 3 is 2.08 bits per heavy atom. The lowest BCUT2D eigenvalue weighted by molar-refractivity contribution is -0.121. The van der Waals surface area contributed by atoms with E-state index in [0.29, 0.717) is 13.2 Å². The van der Waals surface area contributed by atoms with Crippen LogP contribution in [0.2, 0.25) is 19.6 Å². The Labute approximate surface area is 153 Å². The van der Waals surface area contributed by atoms with Crippen molar-refractivity contribution in [2.45, 2.75) is 58.2 Å². The van der Waals surface area contributed by atoms with Gasteiger partial charge in [-0.25, -0.2) is 0 Å². The lowest BCUT2D eigenvalue weighted by Gasteiger charge is -2.34. The van der Waals surface area contributed by atoms with Gasteiger partial charge in [-0.15, -0.1) is 0 Å². The molecule has 0 bridgehead atoms. The molecule has 0 aliphatic carbocycles. The summed E-state index contributed by atoms with van der Waals surface area (Å²) in [5.74, 6) is -0.122. The summed E-state index contributed by atoms with van der Waals surface area (Å²) in [6.45, 7) is 12.4. The number of rotatable bonds is 10. The Bertz CT molecular complexity index is 578. The van der Waals surface area contributed by atoms with Crippen molar-refractivity contribution in [3.05, 3.63) is 35.9 Å². The minimum atomic E-state index is -3.32. The summed E-state index contributed by atoms with van der Waals surface area (Å²) in [5, 5.41) is 2.63. The van der Waals surface area contributed by atoms with E-state index in [2.05, 4.69) is 25.0 Å². The van der Waals surface area contributed by atoms with Crippen molar-refractivity contribution in [3.63, 3.8) is 0 Å². The molecular weight excluding hydrogens is 353 g/mol. The van der Waals surface area contributed by atoms with Gasteiger partial charge in [0.15, 0.2) is 0 Å². The predicted octanol–water partition coefficient (Wildman–Crippen LogP) is 4.77. The number of carbonyl (C=O) groups excluding carboxylic acids is 1. The van der Waals surface area contributed by atoms with E-state index in [1.165, 1.54) is 0 Å². The molecule has 0 aromatic heterocycles. The number of nitrogens with one attached hydrogen (secondary N) is 1. The first-order valence-corrected chi connectivity index (χ1v) is 14.1. The maximum atomic E-state index is 13.3. The first kappa shape index (κ1) is 22.1. The molecule has 1 aromatic carbocycles. The van der Waals surface area contributed by atoms with Crippen LogP contribution in [-0.4, -0.2) is 32.5 Å². The molecule has 2 unspecified atom stereocenters. The molecule has 0 radical (unpaired) electrons. The molecule has 1 N–H and O–H groups in total. The van der Waals surface area contributed by atoms with Crippen LogP contribution in [0.4, 0.5) is 0 Å². The Kier molecular flexibility index (Phi) is 8.55. The number of hydrogen-bond acceptors (Lipinski definition) is 4.